The largest absolute Gasteiger partial charge is 0.497 e. The van der Waals surface area contributed by atoms with E-state index in [4.69, 9.17) is 19.8 Å². The molecule has 9 heteroatoms. The third kappa shape index (κ3) is 3.53. The van der Waals surface area contributed by atoms with Gasteiger partial charge in [0.05, 0.1) is 12.6 Å². The Bertz CT molecular complexity index is 1270. The van der Waals surface area contributed by atoms with Crippen molar-refractivity contribution >= 4 is 28.4 Å². The van der Waals surface area contributed by atoms with E-state index in [9.17, 15) is 4.79 Å². The number of ether oxygens (including phenoxy) is 1. The number of rotatable bonds is 4. The van der Waals surface area contributed by atoms with Crippen LogP contribution in [0.4, 0.5) is 5.95 Å². The molecule has 31 heavy (non-hydrogen) atoms. The molecule has 0 aliphatic carbocycles. The quantitative estimate of drug-likeness (QED) is 0.465. The van der Waals surface area contributed by atoms with Crippen LogP contribution in [0.5, 0.6) is 5.75 Å². The first kappa shape index (κ1) is 19.3. The molecule has 1 amide bonds. The third-order valence-corrected chi connectivity index (χ3v) is 5.43. The lowest BCUT2D eigenvalue weighted by Crippen LogP contribution is -2.42. The van der Waals surface area contributed by atoms with Crippen LogP contribution in [0.15, 0.2) is 42.5 Å². The highest BCUT2D eigenvalue weighted by Crippen LogP contribution is 2.27. The van der Waals surface area contributed by atoms with E-state index >= 15 is 0 Å². The number of hydrogen-bond acceptors (Lipinski definition) is 7. The van der Waals surface area contributed by atoms with Crippen LogP contribution in [0.2, 0.25) is 0 Å². The number of methoxy groups -OCH3 is 1. The molecule has 1 aliphatic heterocycles. The molecule has 0 saturated carbocycles. The van der Waals surface area contributed by atoms with E-state index in [2.05, 4.69) is 16.0 Å². The summed E-state index contributed by atoms with van der Waals surface area (Å²) in [4.78, 5) is 22.1. The minimum absolute atomic E-state index is 0.0696. The van der Waals surface area contributed by atoms with Crippen molar-refractivity contribution in [3.8, 4) is 17.1 Å². The van der Waals surface area contributed by atoms with Crippen LogP contribution >= 0.6 is 0 Å². The Hall–Kier alpha value is -3.72. The fourth-order valence-corrected chi connectivity index (χ4v) is 3.78. The maximum atomic E-state index is 12.5. The second kappa shape index (κ2) is 7.84. The predicted octanol–water partition coefficient (Wildman–Crippen LogP) is 1.76. The molecule has 4 aromatic rings. The first-order valence-corrected chi connectivity index (χ1v) is 10.2. The topological polar surface area (TPSA) is 105 Å². The van der Waals surface area contributed by atoms with E-state index in [-0.39, 0.29) is 5.91 Å². The lowest BCUT2D eigenvalue weighted by atomic mass is 10.1. The van der Waals surface area contributed by atoms with Gasteiger partial charge in [0.1, 0.15) is 11.8 Å². The van der Waals surface area contributed by atoms with Gasteiger partial charge in [-0.05, 0) is 42.8 Å². The molecule has 5 rings (SSSR count). The maximum absolute atomic E-state index is 12.5. The van der Waals surface area contributed by atoms with Gasteiger partial charge in [-0.1, -0.05) is 12.1 Å². The van der Waals surface area contributed by atoms with Gasteiger partial charge in [-0.2, -0.15) is 4.52 Å². The second-order valence-corrected chi connectivity index (χ2v) is 7.50. The lowest BCUT2D eigenvalue weighted by molar-refractivity contribution is -0.121. The number of carbonyl (C=O) groups excluding carboxylic acids is 1. The Balaban J connectivity index is 1.66. The minimum Gasteiger partial charge on any atom is -0.497 e. The highest BCUT2D eigenvalue weighted by atomic mass is 16.5. The molecule has 1 unspecified atom stereocenters. The van der Waals surface area contributed by atoms with Crippen molar-refractivity contribution in [3.05, 3.63) is 48.0 Å². The van der Waals surface area contributed by atoms with Gasteiger partial charge in [0.2, 0.25) is 11.9 Å². The summed E-state index contributed by atoms with van der Waals surface area (Å²) in [6.45, 7) is 3.86. The average molecular weight is 417 g/mol. The van der Waals surface area contributed by atoms with Crippen LogP contribution in [0, 0.1) is 6.92 Å². The molecule has 0 spiro atoms. The van der Waals surface area contributed by atoms with Crippen molar-refractivity contribution in [2.75, 3.05) is 32.1 Å². The fourth-order valence-electron chi connectivity index (χ4n) is 3.78. The number of carbonyl (C=O) groups is 1. The summed E-state index contributed by atoms with van der Waals surface area (Å²) >= 11 is 0. The van der Waals surface area contributed by atoms with Crippen LogP contribution < -0.4 is 20.7 Å². The number of nitrogens with one attached hydrogen (secondary N) is 3. The van der Waals surface area contributed by atoms with Gasteiger partial charge >= 0.3 is 0 Å². The molecule has 3 heterocycles. The highest BCUT2D eigenvalue weighted by Gasteiger charge is 2.23. The zero-order valence-corrected chi connectivity index (χ0v) is 17.3. The van der Waals surface area contributed by atoms with E-state index in [1.165, 1.54) is 0 Å². The van der Waals surface area contributed by atoms with Gasteiger partial charge in [-0.15, -0.1) is 5.10 Å². The van der Waals surface area contributed by atoms with E-state index in [1.807, 2.05) is 49.4 Å². The Morgan fingerprint density at radius 3 is 2.77 bits per heavy atom. The highest BCUT2D eigenvalue weighted by molar-refractivity contribution is 5.96. The van der Waals surface area contributed by atoms with Gasteiger partial charge in [0.15, 0.2) is 11.5 Å². The first-order valence-electron chi connectivity index (χ1n) is 10.2. The molecule has 0 bridgehead atoms. The predicted molar refractivity (Wildman–Crippen MR) is 118 cm³/mol. The van der Waals surface area contributed by atoms with Crippen molar-refractivity contribution in [2.24, 2.45) is 0 Å². The van der Waals surface area contributed by atoms with Crippen molar-refractivity contribution in [1.82, 2.24) is 30.2 Å². The summed E-state index contributed by atoms with van der Waals surface area (Å²) in [5.74, 6) is 1.75. The molecule has 1 aliphatic rings. The molecular formula is C22H23N7O2. The van der Waals surface area contributed by atoms with E-state index < -0.39 is 6.04 Å². The van der Waals surface area contributed by atoms with Crippen molar-refractivity contribution in [2.45, 2.75) is 13.0 Å². The summed E-state index contributed by atoms with van der Waals surface area (Å²) in [7, 11) is 1.63. The molecule has 2 aromatic carbocycles. The summed E-state index contributed by atoms with van der Waals surface area (Å²) in [6, 6.07) is 13.1. The molecule has 9 nitrogen and oxygen atoms in total. The number of hydrogen-bond donors (Lipinski definition) is 3. The number of benzene rings is 2. The van der Waals surface area contributed by atoms with E-state index in [0.29, 0.717) is 30.5 Å². The molecular weight excluding hydrogens is 394 g/mol. The van der Waals surface area contributed by atoms with Gasteiger partial charge in [0, 0.05) is 30.6 Å². The van der Waals surface area contributed by atoms with Crippen LogP contribution in [0.1, 0.15) is 5.56 Å². The summed E-state index contributed by atoms with van der Waals surface area (Å²) in [6.07, 6.45) is 0. The Labute approximate surface area is 178 Å². The lowest BCUT2D eigenvalue weighted by Gasteiger charge is -2.17. The van der Waals surface area contributed by atoms with Gasteiger partial charge in [0.25, 0.3) is 0 Å². The van der Waals surface area contributed by atoms with E-state index in [0.717, 1.165) is 34.3 Å². The SMILES string of the molecule is COc1ccc(-c2nc3c4c(C)cccc4nc(NC4CNCCNC4=O)n3n2)cc1. The summed E-state index contributed by atoms with van der Waals surface area (Å²) in [5.41, 5.74) is 3.42. The monoisotopic (exact) mass is 417 g/mol. The molecule has 158 valence electrons. The Kier molecular flexibility index (Phi) is 4.87. The average Bonchev–Trinajstić information content (AvgIpc) is 3.13. The Morgan fingerprint density at radius 2 is 1.97 bits per heavy atom. The Morgan fingerprint density at radius 1 is 1.13 bits per heavy atom. The van der Waals surface area contributed by atoms with Crippen molar-refractivity contribution in [3.63, 3.8) is 0 Å². The normalized spacial score (nSPS) is 16.8. The molecule has 0 radical (unpaired) electrons. The zero-order valence-electron chi connectivity index (χ0n) is 17.3. The third-order valence-electron chi connectivity index (χ3n) is 5.43. The van der Waals surface area contributed by atoms with Crippen molar-refractivity contribution < 1.29 is 9.53 Å². The number of fused-ring (bicyclic) bond motifs is 3. The fraction of sp³-hybridized carbons (Fsp3) is 0.273. The van der Waals surface area contributed by atoms with Gasteiger partial charge < -0.3 is 20.7 Å². The smallest absolute Gasteiger partial charge is 0.243 e. The molecule has 1 atom stereocenters. The minimum atomic E-state index is -0.464. The van der Waals surface area contributed by atoms with Crippen LogP contribution in [-0.2, 0) is 4.79 Å². The van der Waals surface area contributed by atoms with Crippen LogP contribution in [-0.4, -0.2) is 58.3 Å². The molecule has 1 fully saturated rings. The van der Waals surface area contributed by atoms with Gasteiger partial charge in [-0.25, -0.2) is 9.97 Å². The maximum Gasteiger partial charge on any atom is 0.243 e. The van der Waals surface area contributed by atoms with Crippen LogP contribution in [0.25, 0.3) is 27.9 Å². The zero-order chi connectivity index (χ0) is 21.4. The number of anilines is 1. The van der Waals surface area contributed by atoms with Crippen LogP contribution in [0.3, 0.4) is 0 Å². The van der Waals surface area contributed by atoms with Crippen molar-refractivity contribution in [1.29, 1.82) is 0 Å². The number of nitrogens with zero attached hydrogens (tertiary/aromatic N) is 4. The van der Waals surface area contributed by atoms with Gasteiger partial charge in [-0.3, -0.25) is 4.79 Å². The van der Waals surface area contributed by atoms with E-state index in [1.54, 1.807) is 11.6 Å². The second-order valence-electron chi connectivity index (χ2n) is 7.50. The molecule has 2 aromatic heterocycles. The molecule has 1 saturated heterocycles. The first-order chi connectivity index (χ1) is 15.1. The number of amides is 1. The molecule has 3 N–H and O–H groups in total. The summed E-state index contributed by atoms with van der Waals surface area (Å²) < 4.78 is 6.94. The number of aromatic nitrogens is 4. The number of aryl methyl sites for hydroxylation is 1. The standard InChI is InChI=1S/C22H23N7O2/c1-13-4-3-5-16-18(13)20-27-19(14-6-8-15(31-2)9-7-14)28-29(20)22(25-16)26-17-12-23-10-11-24-21(17)30/h3-9,17,23H,10-12H2,1-2H3,(H,24,30)(H,25,26). The summed E-state index contributed by atoms with van der Waals surface area (Å²) in [5, 5.41) is 15.1.